The molecule has 1 aliphatic heterocycles. The number of morpholine rings is 1. The molecule has 0 spiro atoms. The molecule has 1 aliphatic rings. The zero-order valence-electron chi connectivity index (χ0n) is 10.2. The minimum atomic E-state index is 0.0417. The summed E-state index contributed by atoms with van der Waals surface area (Å²) in [6.07, 6.45) is 1.83. The van der Waals surface area contributed by atoms with Gasteiger partial charge in [-0.15, -0.1) is 0 Å². The van der Waals surface area contributed by atoms with Crippen LogP contribution in [0.15, 0.2) is 24.4 Å². The Morgan fingerprint density at radius 3 is 3.28 bits per heavy atom. The van der Waals surface area contributed by atoms with Gasteiger partial charge in [0.25, 0.3) is 5.91 Å². The normalized spacial score (nSPS) is 20.3. The van der Waals surface area contributed by atoms with Crippen molar-refractivity contribution >= 4 is 16.8 Å². The van der Waals surface area contributed by atoms with Gasteiger partial charge in [-0.25, -0.2) is 0 Å². The Kier molecular flexibility index (Phi) is 2.76. The first-order chi connectivity index (χ1) is 8.75. The Morgan fingerprint density at radius 2 is 2.44 bits per heavy atom. The molecule has 18 heavy (non-hydrogen) atoms. The molecule has 3 rings (SSSR count). The molecule has 1 atom stereocenters. The summed E-state index contributed by atoms with van der Waals surface area (Å²) in [6.45, 7) is 3.87. The van der Waals surface area contributed by atoms with Crippen LogP contribution in [0.5, 0.6) is 0 Å². The van der Waals surface area contributed by atoms with E-state index in [0.29, 0.717) is 25.3 Å². The summed E-state index contributed by atoms with van der Waals surface area (Å²) in [5, 5.41) is 7.83. The lowest BCUT2D eigenvalue weighted by Gasteiger charge is -2.31. The Balaban J connectivity index is 1.94. The second-order valence-electron chi connectivity index (χ2n) is 4.57. The molecule has 2 heterocycles. The van der Waals surface area contributed by atoms with Gasteiger partial charge in [0.1, 0.15) is 0 Å². The van der Waals surface area contributed by atoms with Gasteiger partial charge < -0.3 is 9.64 Å². The van der Waals surface area contributed by atoms with Gasteiger partial charge in [-0.3, -0.25) is 9.89 Å². The van der Waals surface area contributed by atoms with Crippen LogP contribution in [0, 0.1) is 0 Å². The molecule has 1 aromatic carbocycles. The maximum absolute atomic E-state index is 12.5. The molecule has 1 aromatic heterocycles. The van der Waals surface area contributed by atoms with Gasteiger partial charge in [0.2, 0.25) is 0 Å². The third-order valence-corrected chi connectivity index (χ3v) is 3.24. The average molecular weight is 245 g/mol. The minimum Gasteiger partial charge on any atom is -0.375 e. The van der Waals surface area contributed by atoms with E-state index in [4.69, 9.17) is 4.74 Å². The van der Waals surface area contributed by atoms with Gasteiger partial charge in [-0.1, -0.05) is 12.1 Å². The number of rotatable bonds is 1. The van der Waals surface area contributed by atoms with Crippen LogP contribution in [0.3, 0.4) is 0 Å². The zero-order chi connectivity index (χ0) is 12.5. The van der Waals surface area contributed by atoms with Crippen LogP contribution in [0.1, 0.15) is 17.3 Å². The summed E-state index contributed by atoms with van der Waals surface area (Å²) in [5.41, 5.74) is 1.49. The summed E-state index contributed by atoms with van der Waals surface area (Å²) in [4.78, 5) is 14.3. The molecule has 0 radical (unpaired) electrons. The van der Waals surface area contributed by atoms with Crippen LogP contribution in [0.25, 0.3) is 10.9 Å². The fraction of sp³-hybridized carbons (Fsp3) is 0.385. The number of fused-ring (bicyclic) bond motifs is 1. The van der Waals surface area contributed by atoms with Crippen molar-refractivity contribution in [1.82, 2.24) is 15.1 Å². The van der Waals surface area contributed by atoms with E-state index in [1.165, 1.54) is 0 Å². The highest BCUT2D eigenvalue weighted by Gasteiger charge is 2.23. The molecule has 2 aromatic rings. The second kappa shape index (κ2) is 4.42. The summed E-state index contributed by atoms with van der Waals surface area (Å²) in [7, 11) is 0. The van der Waals surface area contributed by atoms with Gasteiger partial charge in [-0.2, -0.15) is 5.10 Å². The van der Waals surface area contributed by atoms with E-state index in [2.05, 4.69) is 10.2 Å². The number of carbonyl (C=O) groups is 1. The Morgan fingerprint density at radius 1 is 1.56 bits per heavy atom. The van der Waals surface area contributed by atoms with Crippen molar-refractivity contribution in [2.24, 2.45) is 0 Å². The van der Waals surface area contributed by atoms with Gasteiger partial charge in [0.05, 0.1) is 30.0 Å². The molecule has 0 saturated carbocycles. The van der Waals surface area contributed by atoms with Crippen LogP contribution in [-0.4, -0.2) is 46.8 Å². The molecule has 5 heteroatoms. The number of hydrogen-bond acceptors (Lipinski definition) is 3. The zero-order valence-corrected chi connectivity index (χ0v) is 10.2. The van der Waals surface area contributed by atoms with E-state index in [9.17, 15) is 4.79 Å². The summed E-state index contributed by atoms with van der Waals surface area (Å²) in [6, 6.07) is 5.66. The van der Waals surface area contributed by atoms with Gasteiger partial charge in [0, 0.05) is 18.5 Å². The average Bonchev–Trinajstić information content (AvgIpc) is 2.86. The number of aromatic nitrogens is 2. The lowest BCUT2D eigenvalue weighted by Crippen LogP contribution is -2.44. The van der Waals surface area contributed by atoms with Crippen molar-refractivity contribution in [1.29, 1.82) is 0 Å². The smallest absolute Gasteiger partial charge is 0.256 e. The number of amides is 1. The number of H-pyrrole nitrogens is 1. The van der Waals surface area contributed by atoms with Gasteiger partial charge in [0.15, 0.2) is 0 Å². The molecule has 0 bridgehead atoms. The highest BCUT2D eigenvalue weighted by Crippen LogP contribution is 2.18. The SMILES string of the molecule is CC1CN(C(=O)c2cccc3cn[nH]c23)CCO1. The molecule has 1 saturated heterocycles. The maximum atomic E-state index is 12.5. The lowest BCUT2D eigenvalue weighted by atomic mass is 10.1. The third-order valence-electron chi connectivity index (χ3n) is 3.24. The van der Waals surface area contributed by atoms with E-state index in [-0.39, 0.29) is 12.0 Å². The van der Waals surface area contributed by atoms with E-state index in [1.54, 1.807) is 6.20 Å². The van der Waals surface area contributed by atoms with Crippen LogP contribution < -0.4 is 0 Å². The lowest BCUT2D eigenvalue weighted by molar-refractivity contribution is -0.0123. The maximum Gasteiger partial charge on any atom is 0.256 e. The summed E-state index contributed by atoms with van der Waals surface area (Å²) >= 11 is 0. The Bertz CT molecular complexity index is 578. The Hall–Kier alpha value is -1.88. The number of aromatic amines is 1. The van der Waals surface area contributed by atoms with E-state index in [0.717, 1.165) is 10.9 Å². The standard InChI is InChI=1S/C13H15N3O2/c1-9-8-16(5-6-18-9)13(17)11-4-2-3-10-7-14-15-12(10)11/h2-4,7,9H,5-6,8H2,1H3,(H,14,15). The number of nitrogens with one attached hydrogen (secondary N) is 1. The van der Waals surface area contributed by atoms with Crippen molar-refractivity contribution < 1.29 is 9.53 Å². The number of hydrogen-bond donors (Lipinski definition) is 1. The van der Waals surface area contributed by atoms with Gasteiger partial charge in [-0.05, 0) is 13.0 Å². The highest BCUT2D eigenvalue weighted by molar-refractivity contribution is 6.05. The molecule has 0 aliphatic carbocycles. The topological polar surface area (TPSA) is 58.2 Å². The molecule has 1 fully saturated rings. The van der Waals surface area contributed by atoms with Crippen molar-refractivity contribution in [3.8, 4) is 0 Å². The second-order valence-corrected chi connectivity index (χ2v) is 4.57. The summed E-state index contributed by atoms with van der Waals surface area (Å²) in [5.74, 6) is 0.0417. The number of benzene rings is 1. The third kappa shape index (κ3) is 1.86. The van der Waals surface area contributed by atoms with Crippen LogP contribution in [0.4, 0.5) is 0 Å². The van der Waals surface area contributed by atoms with Gasteiger partial charge >= 0.3 is 0 Å². The number of ether oxygens (including phenoxy) is 1. The minimum absolute atomic E-state index is 0.0417. The predicted octanol–water partition coefficient (Wildman–Crippen LogP) is 1.42. The first-order valence-corrected chi connectivity index (χ1v) is 6.08. The van der Waals surface area contributed by atoms with Crippen molar-refractivity contribution in [2.45, 2.75) is 13.0 Å². The fourth-order valence-electron chi connectivity index (χ4n) is 2.32. The predicted molar refractivity (Wildman–Crippen MR) is 67.4 cm³/mol. The molecular weight excluding hydrogens is 230 g/mol. The molecule has 1 N–H and O–H groups in total. The molecule has 5 nitrogen and oxygen atoms in total. The van der Waals surface area contributed by atoms with Crippen molar-refractivity contribution in [2.75, 3.05) is 19.7 Å². The van der Waals surface area contributed by atoms with E-state index < -0.39 is 0 Å². The first kappa shape index (κ1) is 11.2. The number of nitrogens with zero attached hydrogens (tertiary/aromatic N) is 2. The first-order valence-electron chi connectivity index (χ1n) is 6.08. The molecule has 94 valence electrons. The highest BCUT2D eigenvalue weighted by atomic mass is 16.5. The van der Waals surface area contributed by atoms with Crippen LogP contribution in [-0.2, 0) is 4.74 Å². The summed E-state index contributed by atoms with van der Waals surface area (Å²) < 4.78 is 5.45. The number of carbonyl (C=O) groups excluding carboxylic acids is 1. The Labute approximate surface area is 105 Å². The largest absolute Gasteiger partial charge is 0.375 e. The quantitative estimate of drug-likeness (QED) is 0.826. The molecular formula is C13H15N3O2. The van der Waals surface area contributed by atoms with Crippen molar-refractivity contribution in [3.63, 3.8) is 0 Å². The van der Waals surface area contributed by atoms with Crippen molar-refractivity contribution in [3.05, 3.63) is 30.0 Å². The molecule has 1 amide bonds. The van der Waals surface area contributed by atoms with E-state index in [1.807, 2.05) is 30.0 Å². The monoisotopic (exact) mass is 245 g/mol. The fourth-order valence-corrected chi connectivity index (χ4v) is 2.32. The van der Waals surface area contributed by atoms with E-state index >= 15 is 0 Å². The number of para-hydroxylation sites is 1. The van der Waals surface area contributed by atoms with Crippen LogP contribution >= 0.6 is 0 Å². The molecule has 1 unspecified atom stereocenters. The van der Waals surface area contributed by atoms with Crippen LogP contribution in [0.2, 0.25) is 0 Å².